The second kappa shape index (κ2) is 11.4. The van der Waals surface area contributed by atoms with Crippen LogP contribution in [-0.4, -0.2) is 31.4 Å². The van der Waals surface area contributed by atoms with Gasteiger partial charge in [-0.2, -0.15) is 0 Å². The zero-order valence-electron chi connectivity index (χ0n) is 20.3. The number of fused-ring (bicyclic) bond motifs is 1. The molecule has 37 heavy (non-hydrogen) atoms. The zero-order chi connectivity index (χ0) is 25.6. The van der Waals surface area contributed by atoms with Crippen LogP contribution in [0.25, 0.3) is 20.8 Å². The molecule has 0 atom stereocenters. The van der Waals surface area contributed by atoms with E-state index >= 15 is 0 Å². The molecule has 0 spiro atoms. The number of thioether (sulfide) groups is 1. The van der Waals surface area contributed by atoms with Gasteiger partial charge in [0.15, 0.2) is 11.0 Å². The highest BCUT2D eigenvalue weighted by Crippen LogP contribution is 2.31. The number of carbonyl (C=O) groups excluding carboxylic acids is 1. The average molecular weight is 528 g/mol. The molecule has 0 saturated heterocycles. The van der Waals surface area contributed by atoms with Crippen LogP contribution in [0.5, 0.6) is 5.75 Å². The lowest BCUT2D eigenvalue weighted by Gasteiger charge is -2.09. The Balaban J connectivity index is 1.18. The predicted molar refractivity (Wildman–Crippen MR) is 150 cm³/mol. The molecule has 0 aliphatic heterocycles. The van der Waals surface area contributed by atoms with Crippen LogP contribution in [-0.2, 0) is 17.9 Å². The topological polar surface area (TPSA) is 81.9 Å². The van der Waals surface area contributed by atoms with Gasteiger partial charge in [0.2, 0.25) is 5.91 Å². The molecular weight excluding hydrogens is 502 g/mol. The normalized spacial score (nSPS) is 10.9. The number of allylic oxidation sites excluding steroid dienone is 1. The maximum atomic E-state index is 12.6. The Morgan fingerprint density at radius 1 is 1.11 bits per heavy atom. The molecule has 0 radical (unpaired) electrons. The number of para-hydroxylation sites is 1. The molecule has 0 aliphatic rings. The van der Waals surface area contributed by atoms with Crippen molar-refractivity contribution in [2.75, 3.05) is 11.1 Å². The minimum absolute atomic E-state index is 0.122. The molecule has 2 heterocycles. The molecule has 9 heteroatoms. The molecule has 1 amide bonds. The van der Waals surface area contributed by atoms with Crippen molar-refractivity contribution in [2.45, 2.75) is 25.2 Å². The van der Waals surface area contributed by atoms with E-state index in [9.17, 15) is 4.79 Å². The number of ether oxygens (including phenoxy) is 1. The summed E-state index contributed by atoms with van der Waals surface area (Å²) in [7, 11) is 0. The van der Waals surface area contributed by atoms with Gasteiger partial charge in [-0.3, -0.25) is 9.36 Å². The van der Waals surface area contributed by atoms with E-state index in [1.807, 2.05) is 65.2 Å². The van der Waals surface area contributed by atoms with Crippen LogP contribution in [0.3, 0.4) is 0 Å². The summed E-state index contributed by atoms with van der Waals surface area (Å²) in [5.74, 6) is 1.51. The smallest absolute Gasteiger partial charge is 0.234 e. The Morgan fingerprint density at radius 3 is 2.70 bits per heavy atom. The number of amides is 1. The summed E-state index contributed by atoms with van der Waals surface area (Å²) in [4.78, 5) is 17.4. The number of rotatable bonds is 10. The number of aromatic nitrogens is 4. The number of thiazole rings is 1. The first-order valence-electron chi connectivity index (χ1n) is 11.7. The summed E-state index contributed by atoms with van der Waals surface area (Å²) in [6.07, 6.45) is 1.77. The van der Waals surface area contributed by atoms with Crippen LogP contribution in [0.15, 0.2) is 90.6 Å². The van der Waals surface area contributed by atoms with E-state index in [0.29, 0.717) is 17.5 Å². The van der Waals surface area contributed by atoms with Gasteiger partial charge in [0.1, 0.15) is 17.4 Å². The molecule has 0 unspecified atom stereocenters. The molecule has 1 N–H and O–H groups in total. The van der Waals surface area contributed by atoms with Crippen molar-refractivity contribution >= 4 is 44.9 Å². The fourth-order valence-corrected chi connectivity index (χ4v) is 5.52. The highest BCUT2D eigenvalue weighted by atomic mass is 32.2. The standard InChI is InChI=1S/C28H25N5O2S2/c1-3-15-33-25(17-35-22-7-5-4-6-8-22)31-32-28(33)36-18-26(34)29-21-12-10-20(11-13-21)27-30-23-14-9-19(2)16-24(23)37-27/h3-14,16H,1,15,17-18H2,2H3,(H,29,34). The fraction of sp³-hybridized carbons (Fsp3) is 0.143. The highest BCUT2D eigenvalue weighted by Gasteiger charge is 2.14. The lowest BCUT2D eigenvalue weighted by Crippen LogP contribution is -2.15. The SMILES string of the molecule is C=CCn1c(COc2ccccc2)nnc1SCC(=O)Nc1ccc(-c2nc3ccc(C)cc3s2)cc1. The summed E-state index contributed by atoms with van der Waals surface area (Å²) < 4.78 is 8.89. The Bertz CT molecular complexity index is 1530. The number of anilines is 1. The van der Waals surface area contributed by atoms with Crippen LogP contribution in [0.2, 0.25) is 0 Å². The van der Waals surface area contributed by atoms with E-state index in [1.54, 1.807) is 17.4 Å². The van der Waals surface area contributed by atoms with Gasteiger partial charge in [-0.25, -0.2) is 4.98 Å². The van der Waals surface area contributed by atoms with Crippen molar-refractivity contribution in [1.82, 2.24) is 19.7 Å². The van der Waals surface area contributed by atoms with Gasteiger partial charge in [0.05, 0.1) is 16.0 Å². The number of nitrogens with zero attached hydrogens (tertiary/aromatic N) is 4. The zero-order valence-corrected chi connectivity index (χ0v) is 21.9. The monoisotopic (exact) mass is 527 g/mol. The summed E-state index contributed by atoms with van der Waals surface area (Å²) in [6.45, 7) is 6.70. The second-order valence-corrected chi connectivity index (χ2v) is 10.3. The van der Waals surface area contributed by atoms with E-state index in [0.717, 1.165) is 27.5 Å². The van der Waals surface area contributed by atoms with Gasteiger partial charge in [-0.15, -0.1) is 28.1 Å². The molecule has 2 aromatic heterocycles. The van der Waals surface area contributed by atoms with E-state index < -0.39 is 0 Å². The summed E-state index contributed by atoms with van der Waals surface area (Å²) in [6, 6.07) is 23.6. The Kier molecular flexibility index (Phi) is 7.62. The van der Waals surface area contributed by atoms with Crippen molar-refractivity contribution in [2.24, 2.45) is 0 Å². The van der Waals surface area contributed by atoms with E-state index in [-0.39, 0.29) is 18.3 Å². The molecule has 5 aromatic rings. The predicted octanol–water partition coefficient (Wildman–Crippen LogP) is 6.36. The van der Waals surface area contributed by atoms with Crippen molar-refractivity contribution < 1.29 is 9.53 Å². The van der Waals surface area contributed by atoms with Gasteiger partial charge < -0.3 is 10.1 Å². The molecule has 0 aliphatic carbocycles. The quantitative estimate of drug-likeness (QED) is 0.168. The van der Waals surface area contributed by atoms with Crippen molar-refractivity contribution in [3.05, 3.63) is 96.8 Å². The van der Waals surface area contributed by atoms with Crippen molar-refractivity contribution in [3.63, 3.8) is 0 Å². The number of benzene rings is 3. The van der Waals surface area contributed by atoms with Crippen LogP contribution in [0.1, 0.15) is 11.4 Å². The molecule has 0 saturated carbocycles. The highest BCUT2D eigenvalue weighted by molar-refractivity contribution is 7.99. The first-order valence-corrected chi connectivity index (χ1v) is 13.5. The minimum Gasteiger partial charge on any atom is -0.486 e. The fourth-order valence-electron chi connectivity index (χ4n) is 3.69. The Labute approximate surface area is 223 Å². The van der Waals surface area contributed by atoms with E-state index in [4.69, 9.17) is 9.72 Å². The molecule has 3 aromatic carbocycles. The first kappa shape index (κ1) is 24.7. The number of hydrogen-bond acceptors (Lipinski definition) is 7. The van der Waals surface area contributed by atoms with Crippen molar-refractivity contribution in [3.8, 4) is 16.3 Å². The van der Waals surface area contributed by atoms with Crippen LogP contribution in [0.4, 0.5) is 5.69 Å². The molecule has 5 rings (SSSR count). The summed E-state index contributed by atoms with van der Waals surface area (Å²) in [5.41, 5.74) is 3.97. The summed E-state index contributed by atoms with van der Waals surface area (Å²) in [5, 5.41) is 13.1. The average Bonchev–Trinajstić information content (AvgIpc) is 3.51. The third kappa shape index (κ3) is 6.07. The largest absolute Gasteiger partial charge is 0.486 e. The molecule has 0 fully saturated rings. The van der Waals surface area contributed by atoms with Gasteiger partial charge in [-0.05, 0) is 61.0 Å². The molecule has 7 nitrogen and oxygen atoms in total. The second-order valence-electron chi connectivity index (χ2n) is 8.30. The Hall–Kier alpha value is -3.95. The molecule has 0 bridgehead atoms. The van der Waals surface area contributed by atoms with Crippen LogP contribution < -0.4 is 10.1 Å². The molecule has 186 valence electrons. The maximum absolute atomic E-state index is 12.6. The van der Waals surface area contributed by atoms with Gasteiger partial charge in [0, 0.05) is 17.8 Å². The number of nitrogens with one attached hydrogen (secondary N) is 1. The maximum Gasteiger partial charge on any atom is 0.234 e. The third-order valence-corrected chi connectivity index (χ3v) is 7.54. The van der Waals surface area contributed by atoms with Gasteiger partial charge in [0.25, 0.3) is 0 Å². The van der Waals surface area contributed by atoms with E-state index in [2.05, 4.69) is 41.1 Å². The third-order valence-electron chi connectivity index (χ3n) is 5.51. The van der Waals surface area contributed by atoms with Gasteiger partial charge in [-0.1, -0.05) is 42.1 Å². The van der Waals surface area contributed by atoms with Crippen molar-refractivity contribution in [1.29, 1.82) is 0 Å². The van der Waals surface area contributed by atoms with E-state index in [1.165, 1.54) is 22.0 Å². The summed E-state index contributed by atoms with van der Waals surface area (Å²) >= 11 is 2.99. The van der Waals surface area contributed by atoms with Gasteiger partial charge >= 0.3 is 0 Å². The minimum atomic E-state index is -0.122. The lowest BCUT2D eigenvalue weighted by atomic mass is 10.2. The van der Waals surface area contributed by atoms with Crippen LogP contribution in [0, 0.1) is 6.92 Å². The van der Waals surface area contributed by atoms with Crippen LogP contribution >= 0.6 is 23.1 Å². The number of carbonyl (C=O) groups is 1. The number of aryl methyl sites for hydroxylation is 1. The molecular formula is C28H25N5O2S2. The lowest BCUT2D eigenvalue weighted by molar-refractivity contribution is -0.113. The first-order chi connectivity index (χ1) is 18.1. The number of hydrogen-bond donors (Lipinski definition) is 1. The Morgan fingerprint density at radius 2 is 1.92 bits per heavy atom.